The molecule has 1 aromatic rings. The van der Waals surface area contributed by atoms with Gasteiger partial charge < -0.3 is 20.9 Å². The smallest absolute Gasteiger partial charge is 0.211 e. The van der Waals surface area contributed by atoms with E-state index in [2.05, 4.69) is 10.2 Å². The molecule has 0 amide bonds. The maximum atomic E-state index is 5.14. The maximum Gasteiger partial charge on any atom is 0.211 e. The van der Waals surface area contributed by atoms with Crippen LogP contribution >= 0.6 is 12.4 Å². The highest BCUT2D eigenvalue weighted by Gasteiger charge is 2.01. The zero-order valence-corrected chi connectivity index (χ0v) is 10.4. The summed E-state index contributed by atoms with van der Waals surface area (Å²) in [5.41, 5.74) is 11.0. The second kappa shape index (κ2) is 7.34. The van der Waals surface area contributed by atoms with Gasteiger partial charge in [0.1, 0.15) is 11.5 Å². The Morgan fingerprint density at radius 2 is 1.94 bits per heavy atom. The van der Waals surface area contributed by atoms with E-state index in [1.165, 1.54) is 6.21 Å². The van der Waals surface area contributed by atoms with Crippen LogP contribution in [0.1, 0.15) is 5.56 Å². The number of guanidine groups is 1. The molecule has 0 aliphatic rings. The lowest BCUT2D eigenvalue weighted by Gasteiger charge is -2.06. The van der Waals surface area contributed by atoms with Crippen molar-refractivity contribution in [3.05, 3.63) is 23.8 Å². The van der Waals surface area contributed by atoms with Crippen molar-refractivity contribution in [1.29, 1.82) is 0 Å². The second-order valence-corrected chi connectivity index (χ2v) is 2.88. The Bertz CT molecular complexity index is 417. The van der Waals surface area contributed by atoms with Gasteiger partial charge in [0.25, 0.3) is 0 Å². The van der Waals surface area contributed by atoms with Crippen LogP contribution in [0.4, 0.5) is 0 Å². The number of hydrogen-bond acceptors (Lipinski definition) is 4. The largest absolute Gasteiger partial charge is 0.497 e. The molecule has 94 valence electrons. The minimum atomic E-state index is -0.0990. The van der Waals surface area contributed by atoms with Crippen molar-refractivity contribution in [3.63, 3.8) is 0 Å². The Morgan fingerprint density at radius 1 is 1.24 bits per heavy atom. The Kier molecular flexibility index (Phi) is 6.50. The van der Waals surface area contributed by atoms with E-state index in [0.29, 0.717) is 11.5 Å². The van der Waals surface area contributed by atoms with Crippen LogP contribution in [-0.4, -0.2) is 26.4 Å². The quantitative estimate of drug-likeness (QED) is 0.473. The molecule has 0 bridgehead atoms. The van der Waals surface area contributed by atoms with E-state index >= 15 is 0 Å². The van der Waals surface area contributed by atoms with Gasteiger partial charge in [-0.2, -0.15) is 5.10 Å². The molecule has 0 spiro atoms. The van der Waals surface area contributed by atoms with Crippen molar-refractivity contribution in [1.82, 2.24) is 0 Å². The van der Waals surface area contributed by atoms with Crippen LogP contribution < -0.4 is 20.9 Å². The molecular formula is C10H15ClN4O2. The van der Waals surface area contributed by atoms with Crippen molar-refractivity contribution in [2.24, 2.45) is 21.7 Å². The maximum absolute atomic E-state index is 5.14. The minimum absolute atomic E-state index is 0. The number of nitrogens with zero attached hydrogens (tertiary/aromatic N) is 2. The van der Waals surface area contributed by atoms with E-state index in [4.69, 9.17) is 20.9 Å². The molecule has 6 nitrogen and oxygen atoms in total. The summed E-state index contributed by atoms with van der Waals surface area (Å²) in [4.78, 5) is 0. The fourth-order valence-corrected chi connectivity index (χ4v) is 1.10. The van der Waals surface area contributed by atoms with Crippen LogP contribution in [0.3, 0.4) is 0 Å². The summed E-state index contributed by atoms with van der Waals surface area (Å²) in [7, 11) is 3.15. The molecule has 0 aromatic heterocycles. The third kappa shape index (κ3) is 4.60. The molecule has 0 fully saturated rings. The molecule has 1 aromatic carbocycles. The first-order valence-corrected chi connectivity index (χ1v) is 4.51. The fourth-order valence-electron chi connectivity index (χ4n) is 1.10. The average Bonchev–Trinajstić information content (AvgIpc) is 2.28. The first-order chi connectivity index (χ1) is 7.67. The number of benzene rings is 1. The Balaban J connectivity index is 0.00000256. The highest BCUT2D eigenvalue weighted by atomic mass is 35.5. The Hall–Kier alpha value is -1.95. The summed E-state index contributed by atoms with van der Waals surface area (Å²) in [6.45, 7) is 0. The summed E-state index contributed by atoms with van der Waals surface area (Å²) >= 11 is 0. The number of nitrogens with two attached hydrogens (primary N) is 2. The van der Waals surface area contributed by atoms with Crippen LogP contribution in [0.15, 0.2) is 28.4 Å². The Morgan fingerprint density at radius 3 is 2.47 bits per heavy atom. The summed E-state index contributed by atoms with van der Waals surface area (Å²) in [6.07, 6.45) is 1.49. The van der Waals surface area contributed by atoms with Crippen LogP contribution in [-0.2, 0) is 0 Å². The highest BCUT2D eigenvalue weighted by Crippen LogP contribution is 2.22. The molecule has 0 heterocycles. The third-order valence-electron chi connectivity index (χ3n) is 1.81. The molecule has 4 N–H and O–H groups in total. The van der Waals surface area contributed by atoms with Crippen molar-refractivity contribution >= 4 is 24.6 Å². The lowest BCUT2D eigenvalue weighted by atomic mass is 10.2. The van der Waals surface area contributed by atoms with Gasteiger partial charge in [0, 0.05) is 5.56 Å². The summed E-state index contributed by atoms with van der Waals surface area (Å²) in [5.74, 6) is 1.26. The van der Waals surface area contributed by atoms with Gasteiger partial charge in [-0.3, -0.25) is 0 Å². The number of rotatable bonds is 4. The third-order valence-corrected chi connectivity index (χ3v) is 1.81. The molecule has 1 rings (SSSR count). The van der Waals surface area contributed by atoms with Gasteiger partial charge in [0.2, 0.25) is 5.96 Å². The normalized spacial score (nSPS) is 9.53. The predicted octanol–water partition coefficient (Wildman–Crippen LogP) is 0.733. The van der Waals surface area contributed by atoms with Crippen molar-refractivity contribution in [2.75, 3.05) is 14.2 Å². The first kappa shape index (κ1) is 15.0. The van der Waals surface area contributed by atoms with E-state index < -0.39 is 0 Å². The minimum Gasteiger partial charge on any atom is -0.497 e. The number of hydrogen-bond donors (Lipinski definition) is 2. The van der Waals surface area contributed by atoms with Crippen LogP contribution in [0.25, 0.3) is 0 Å². The molecule has 17 heavy (non-hydrogen) atoms. The summed E-state index contributed by atoms with van der Waals surface area (Å²) < 4.78 is 10.2. The molecule has 0 aliphatic carbocycles. The van der Waals surface area contributed by atoms with Crippen LogP contribution in [0.2, 0.25) is 0 Å². The predicted molar refractivity (Wildman–Crippen MR) is 70.2 cm³/mol. The summed E-state index contributed by atoms with van der Waals surface area (Å²) in [6, 6.07) is 5.33. The first-order valence-electron chi connectivity index (χ1n) is 4.51. The lowest BCUT2D eigenvalue weighted by molar-refractivity contribution is 0.402. The van der Waals surface area contributed by atoms with Gasteiger partial charge in [0.05, 0.1) is 20.4 Å². The number of halogens is 1. The van der Waals surface area contributed by atoms with E-state index in [9.17, 15) is 0 Å². The second-order valence-electron chi connectivity index (χ2n) is 2.88. The number of methoxy groups -OCH3 is 2. The van der Waals surface area contributed by atoms with E-state index in [1.54, 1.807) is 32.4 Å². The van der Waals surface area contributed by atoms with E-state index in [0.717, 1.165) is 5.56 Å². The average molecular weight is 259 g/mol. The van der Waals surface area contributed by atoms with Gasteiger partial charge in [-0.25, -0.2) is 0 Å². The number of ether oxygens (including phenoxy) is 2. The van der Waals surface area contributed by atoms with Crippen LogP contribution in [0.5, 0.6) is 11.5 Å². The molecule has 0 aliphatic heterocycles. The van der Waals surface area contributed by atoms with Gasteiger partial charge in [-0.05, 0) is 18.2 Å². The molecular weight excluding hydrogens is 244 g/mol. The molecule has 0 atom stereocenters. The van der Waals surface area contributed by atoms with Crippen molar-refractivity contribution in [3.8, 4) is 11.5 Å². The highest BCUT2D eigenvalue weighted by molar-refractivity contribution is 5.85. The SMILES string of the molecule is COc1ccc(OC)c(C=NN=C(N)N)c1.Cl. The van der Waals surface area contributed by atoms with Gasteiger partial charge >= 0.3 is 0 Å². The van der Waals surface area contributed by atoms with E-state index in [1.807, 2.05) is 0 Å². The molecule has 0 unspecified atom stereocenters. The Labute approximate surface area is 106 Å². The monoisotopic (exact) mass is 258 g/mol. The molecule has 0 saturated carbocycles. The van der Waals surface area contributed by atoms with Gasteiger partial charge in [-0.15, -0.1) is 17.5 Å². The van der Waals surface area contributed by atoms with Gasteiger partial charge in [0.15, 0.2) is 0 Å². The van der Waals surface area contributed by atoms with Gasteiger partial charge in [-0.1, -0.05) is 0 Å². The van der Waals surface area contributed by atoms with Crippen molar-refractivity contribution in [2.45, 2.75) is 0 Å². The zero-order valence-electron chi connectivity index (χ0n) is 9.58. The molecule has 7 heteroatoms. The lowest BCUT2D eigenvalue weighted by Crippen LogP contribution is -2.21. The zero-order chi connectivity index (χ0) is 12.0. The van der Waals surface area contributed by atoms with Crippen molar-refractivity contribution < 1.29 is 9.47 Å². The fraction of sp³-hybridized carbons (Fsp3) is 0.200. The topological polar surface area (TPSA) is 95.2 Å². The molecule has 0 saturated heterocycles. The van der Waals surface area contributed by atoms with Crippen LogP contribution in [0, 0.1) is 0 Å². The standard InChI is InChI=1S/C10H14N4O2.ClH/c1-15-8-3-4-9(16-2)7(5-8)6-13-14-10(11)12;/h3-6H,1-2H3,(H4,11,12,14);1H. The van der Waals surface area contributed by atoms with E-state index in [-0.39, 0.29) is 18.4 Å². The molecule has 0 radical (unpaired) electrons. The summed E-state index contributed by atoms with van der Waals surface area (Å²) in [5, 5.41) is 7.20.